The van der Waals surface area contributed by atoms with E-state index in [4.69, 9.17) is 0 Å². The lowest BCUT2D eigenvalue weighted by atomic mass is 9.83. The second kappa shape index (κ2) is 4.99. The average Bonchev–Trinajstić information content (AvgIpc) is 2.21. The van der Waals surface area contributed by atoms with Gasteiger partial charge in [0.15, 0.2) is 0 Å². The van der Waals surface area contributed by atoms with Gasteiger partial charge in [0.1, 0.15) is 0 Å². The quantitative estimate of drug-likeness (QED) is 0.690. The fraction of sp³-hybridized carbons (Fsp3) is 1.00. The molecule has 0 spiro atoms. The molecule has 2 fully saturated rings. The fourth-order valence-electron chi connectivity index (χ4n) is 2.95. The van der Waals surface area contributed by atoms with E-state index in [0.717, 1.165) is 12.0 Å². The van der Waals surface area contributed by atoms with Crippen molar-refractivity contribution < 1.29 is 0 Å². The SMILES string of the molecule is C1CCC(CC2CCCCN2)CC1. The Morgan fingerprint density at radius 2 is 1.62 bits per heavy atom. The lowest BCUT2D eigenvalue weighted by Crippen LogP contribution is -2.35. The van der Waals surface area contributed by atoms with Crippen LogP contribution in [0.25, 0.3) is 0 Å². The van der Waals surface area contributed by atoms with E-state index >= 15 is 0 Å². The van der Waals surface area contributed by atoms with E-state index in [2.05, 4.69) is 5.32 Å². The van der Waals surface area contributed by atoms with Crippen molar-refractivity contribution in [2.24, 2.45) is 5.92 Å². The third-order valence-corrected chi connectivity index (χ3v) is 3.75. The summed E-state index contributed by atoms with van der Waals surface area (Å²) in [6.07, 6.45) is 13.3. The molecule has 2 rings (SSSR count). The molecule has 1 N–H and O–H groups in total. The standard InChI is InChI=1S/C12H23N/c1-2-6-11(7-3-1)10-12-8-4-5-9-13-12/h11-13H,1-10H2. The van der Waals surface area contributed by atoms with Gasteiger partial charge in [0.25, 0.3) is 0 Å². The molecule has 1 aliphatic carbocycles. The van der Waals surface area contributed by atoms with Crippen molar-refractivity contribution >= 4 is 0 Å². The Bertz CT molecular complexity index is 116. The second-order valence-corrected chi connectivity index (χ2v) is 4.89. The molecule has 0 amide bonds. The predicted molar refractivity (Wildman–Crippen MR) is 56.8 cm³/mol. The summed E-state index contributed by atoms with van der Waals surface area (Å²) in [6, 6.07) is 0.872. The van der Waals surface area contributed by atoms with Gasteiger partial charge in [-0.05, 0) is 31.7 Å². The highest BCUT2D eigenvalue weighted by molar-refractivity contribution is 4.77. The van der Waals surface area contributed by atoms with E-state index in [0.29, 0.717) is 0 Å². The number of rotatable bonds is 2. The highest BCUT2D eigenvalue weighted by Crippen LogP contribution is 2.28. The average molecular weight is 181 g/mol. The van der Waals surface area contributed by atoms with Crippen molar-refractivity contribution in [1.82, 2.24) is 5.32 Å². The minimum atomic E-state index is 0.872. The summed E-state index contributed by atoms with van der Waals surface area (Å²) < 4.78 is 0. The van der Waals surface area contributed by atoms with Gasteiger partial charge in [0, 0.05) is 6.04 Å². The third kappa shape index (κ3) is 2.98. The van der Waals surface area contributed by atoms with E-state index in [1.165, 1.54) is 64.3 Å². The van der Waals surface area contributed by atoms with Crippen molar-refractivity contribution in [3.05, 3.63) is 0 Å². The largest absolute Gasteiger partial charge is 0.314 e. The van der Waals surface area contributed by atoms with Crippen LogP contribution < -0.4 is 5.32 Å². The van der Waals surface area contributed by atoms with Gasteiger partial charge < -0.3 is 5.32 Å². The van der Waals surface area contributed by atoms with Crippen LogP contribution >= 0.6 is 0 Å². The lowest BCUT2D eigenvalue weighted by Gasteiger charge is -2.29. The molecule has 0 aromatic carbocycles. The summed E-state index contributed by atoms with van der Waals surface area (Å²) in [6.45, 7) is 1.28. The van der Waals surface area contributed by atoms with Crippen molar-refractivity contribution in [1.29, 1.82) is 0 Å². The minimum absolute atomic E-state index is 0.872. The first kappa shape index (κ1) is 9.51. The summed E-state index contributed by atoms with van der Waals surface area (Å²) in [5.74, 6) is 1.06. The zero-order valence-electron chi connectivity index (χ0n) is 8.73. The lowest BCUT2D eigenvalue weighted by molar-refractivity contribution is 0.273. The van der Waals surface area contributed by atoms with E-state index in [1.54, 1.807) is 0 Å². The molecule has 1 heteroatoms. The van der Waals surface area contributed by atoms with Gasteiger partial charge >= 0.3 is 0 Å². The predicted octanol–water partition coefficient (Wildman–Crippen LogP) is 3.10. The molecule has 0 aromatic rings. The van der Waals surface area contributed by atoms with Gasteiger partial charge in [-0.25, -0.2) is 0 Å². The van der Waals surface area contributed by atoms with E-state index in [9.17, 15) is 0 Å². The first-order valence-electron chi connectivity index (χ1n) is 6.18. The van der Waals surface area contributed by atoms with Crippen LogP contribution in [-0.2, 0) is 0 Å². The second-order valence-electron chi connectivity index (χ2n) is 4.89. The van der Waals surface area contributed by atoms with E-state index in [-0.39, 0.29) is 0 Å². The molecule has 0 bridgehead atoms. The molecule has 1 saturated carbocycles. The molecule has 0 radical (unpaired) electrons. The van der Waals surface area contributed by atoms with Crippen molar-refractivity contribution in [3.63, 3.8) is 0 Å². The zero-order chi connectivity index (χ0) is 8.93. The molecular formula is C12H23N. The van der Waals surface area contributed by atoms with E-state index < -0.39 is 0 Å². The number of hydrogen-bond acceptors (Lipinski definition) is 1. The monoisotopic (exact) mass is 181 g/mol. The molecule has 1 nitrogen and oxygen atoms in total. The summed E-state index contributed by atoms with van der Waals surface area (Å²) in [4.78, 5) is 0. The Kier molecular flexibility index (Phi) is 3.65. The van der Waals surface area contributed by atoms with Gasteiger partial charge in [0.2, 0.25) is 0 Å². The van der Waals surface area contributed by atoms with Crippen LogP contribution in [0.3, 0.4) is 0 Å². The van der Waals surface area contributed by atoms with Crippen LogP contribution in [0, 0.1) is 5.92 Å². The van der Waals surface area contributed by atoms with E-state index in [1.807, 2.05) is 0 Å². The summed E-state index contributed by atoms with van der Waals surface area (Å²) in [7, 11) is 0. The smallest absolute Gasteiger partial charge is 0.00697 e. The van der Waals surface area contributed by atoms with Crippen LogP contribution in [0.5, 0.6) is 0 Å². The summed E-state index contributed by atoms with van der Waals surface area (Å²) >= 11 is 0. The van der Waals surface area contributed by atoms with Gasteiger partial charge in [-0.2, -0.15) is 0 Å². The van der Waals surface area contributed by atoms with Crippen LogP contribution in [0.4, 0.5) is 0 Å². The Balaban J connectivity index is 1.69. The van der Waals surface area contributed by atoms with Gasteiger partial charge in [-0.3, -0.25) is 0 Å². The first-order valence-corrected chi connectivity index (χ1v) is 6.18. The minimum Gasteiger partial charge on any atom is -0.314 e. The van der Waals surface area contributed by atoms with Crippen LogP contribution in [0.1, 0.15) is 57.8 Å². The molecule has 13 heavy (non-hydrogen) atoms. The highest BCUT2D eigenvalue weighted by Gasteiger charge is 2.19. The normalized spacial score (nSPS) is 31.8. The Morgan fingerprint density at radius 3 is 2.31 bits per heavy atom. The third-order valence-electron chi connectivity index (χ3n) is 3.75. The topological polar surface area (TPSA) is 12.0 Å². The molecule has 0 aromatic heterocycles. The van der Waals surface area contributed by atoms with Crippen LogP contribution in [0.15, 0.2) is 0 Å². The zero-order valence-corrected chi connectivity index (χ0v) is 8.73. The maximum absolute atomic E-state index is 3.67. The van der Waals surface area contributed by atoms with Crippen molar-refractivity contribution in [2.45, 2.75) is 63.8 Å². The summed E-state index contributed by atoms with van der Waals surface area (Å²) in [5, 5.41) is 3.67. The molecule has 1 unspecified atom stereocenters. The van der Waals surface area contributed by atoms with Gasteiger partial charge in [0.05, 0.1) is 0 Å². The molecule has 1 heterocycles. The molecule has 76 valence electrons. The number of piperidine rings is 1. The molecule has 1 saturated heterocycles. The fourth-order valence-corrected chi connectivity index (χ4v) is 2.95. The number of hydrogen-bond donors (Lipinski definition) is 1. The van der Waals surface area contributed by atoms with Gasteiger partial charge in [-0.1, -0.05) is 38.5 Å². The van der Waals surface area contributed by atoms with Crippen molar-refractivity contribution in [2.75, 3.05) is 6.54 Å². The first-order chi connectivity index (χ1) is 6.45. The summed E-state index contributed by atoms with van der Waals surface area (Å²) in [5.41, 5.74) is 0. The maximum Gasteiger partial charge on any atom is 0.00697 e. The molecule has 1 aliphatic heterocycles. The maximum atomic E-state index is 3.67. The molecule has 2 aliphatic rings. The molecular weight excluding hydrogens is 158 g/mol. The van der Waals surface area contributed by atoms with Crippen molar-refractivity contribution in [3.8, 4) is 0 Å². The van der Waals surface area contributed by atoms with Gasteiger partial charge in [-0.15, -0.1) is 0 Å². The van der Waals surface area contributed by atoms with Crippen LogP contribution in [0.2, 0.25) is 0 Å². The Labute approximate surface area is 82.3 Å². The number of nitrogens with one attached hydrogen (secondary N) is 1. The Hall–Kier alpha value is -0.0400. The van der Waals surface area contributed by atoms with Crippen LogP contribution in [-0.4, -0.2) is 12.6 Å². The Morgan fingerprint density at radius 1 is 0.846 bits per heavy atom. The highest BCUT2D eigenvalue weighted by atomic mass is 14.9. The molecule has 1 atom stereocenters.